The smallest absolute Gasteiger partial charge is 0.273 e. The van der Waals surface area contributed by atoms with Crippen molar-refractivity contribution in [2.24, 2.45) is 0 Å². The van der Waals surface area contributed by atoms with Crippen molar-refractivity contribution in [3.8, 4) is 11.5 Å². The molecule has 1 aliphatic rings. The Morgan fingerprint density at radius 2 is 1.60 bits per heavy atom. The molecule has 25 heavy (non-hydrogen) atoms. The van der Waals surface area contributed by atoms with Crippen LogP contribution in [0.25, 0.3) is 5.57 Å². The first-order valence-corrected chi connectivity index (χ1v) is 7.97. The summed E-state index contributed by atoms with van der Waals surface area (Å²) < 4.78 is 10.5. The largest absolute Gasteiger partial charge is 0.493 e. The van der Waals surface area contributed by atoms with Gasteiger partial charge in [-0.15, -0.1) is 0 Å². The minimum atomic E-state index is -0.500. The maximum Gasteiger partial charge on any atom is 0.273 e. The van der Waals surface area contributed by atoms with Crippen molar-refractivity contribution < 1.29 is 19.1 Å². The lowest BCUT2D eigenvalue weighted by Gasteiger charge is -2.16. The van der Waals surface area contributed by atoms with Gasteiger partial charge in [-0.25, -0.2) is 0 Å². The number of carbonyl (C=O) groups is 2. The fourth-order valence-corrected chi connectivity index (χ4v) is 3.00. The number of halogens is 1. The number of methoxy groups -OCH3 is 2. The Balaban J connectivity index is 1.88. The highest BCUT2D eigenvalue weighted by molar-refractivity contribution is 6.55. The zero-order valence-corrected chi connectivity index (χ0v) is 14.5. The number of hydrogen-bond acceptors (Lipinski definition) is 4. The zero-order chi connectivity index (χ0) is 18.0. The number of hydrogen-bond donors (Lipinski definition) is 0. The van der Waals surface area contributed by atoms with Crippen molar-refractivity contribution in [2.45, 2.75) is 6.54 Å². The summed E-state index contributed by atoms with van der Waals surface area (Å²) in [6.07, 6.45) is 0. The van der Waals surface area contributed by atoms with Crippen molar-refractivity contribution >= 4 is 29.0 Å². The van der Waals surface area contributed by atoms with E-state index in [1.807, 2.05) is 6.07 Å². The lowest BCUT2D eigenvalue weighted by Crippen LogP contribution is -2.30. The summed E-state index contributed by atoms with van der Waals surface area (Å²) in [5, 5.41) is -0.0586. The van der Waals surface area contributed by atoms with Gasteiger partial charge in [-0.3, -0.25) is 14.5 Å². The van der Waals surface area contributed by atoms with Gasteiger partial charge in [-0.05, 0) is 23.3 Å². The van der Waals surface area contributed by atoms with Crippen LogP contribution in [0.2, 0.25) is 0 Å². The van der Waals surface area contributed by atoms with Crippen LogP contribution in [0.1, 0.15) is 11.1 Å². The number of amides is 2. The fourth-order valence-electron chi connectivity index (χ4n) is 2.71. The van der Waals surface area contributed by atoms with E-state index in [0.717, 1.165) is 10.5 Å². The van der Waals surface area contributed by atoms with Gasteiger partial charge in [0, 0.05) is 0 Å². The van der Waals surface area contributed by atoms with Crippen molar-refractivity contribution in [1.29, 1.82) is 0 Å². The highest BCUT2D eigenvalue weighted by Crippen LogP contribution is 2.34. The lowest BCUT2D eigenvalue weighted by atomic mass is 10.1. The molecule has 128 valence electrons. The van der Waals surface area contributed by atoms with Gasteiger partial charge in [0.05, 0.1) is 26.3 Å². The average Bonchev–Trinajstić information content (AvgIpc) is 2.85. The predicted octanol–water partition coefficient (Wildman–Crippen LogP) is 3.22. The first-order chi connectivity index (χ1) is 12.1. The standard InChI is InChI=1S/C19H16ClNO4/c1-24-14-9-8-12(10-15(14)25-2)11-21-18(22)16(17(20)19(21)23)13-6-4-3-5-7-13/h3-10H,11H2,1-2H3. The summed E-state index contributed by atoms with van der Waals surface area (Å²) in [7, 11) is 3.07. The van der Waals surface area contributed by atoms with Gasteiger partial charge in [0.2, 0.25) is 0 Å². The van der Waals surface area contributed by atoms with E-state index >= 15 is 0 Å². The molecule has 1 aliphatic heterocycles. The van der Waals surface area contributed by atoms with E-state index in [1.54, 1.807) is 49.6 Å². The Kier molecular flexibility index (Phi) is 4.76. The van der Waals surface area contributed by atoms with Crippen LogP contribution in [0.4, 0.5) is 0 Å². The second-order valence-electron chi connectivity index (χ2n) is 5.44. The highest BCUT2D eigenvalue weighted by atomic mass is 35.5. The molecule has 6 heteroatoms. The van der Waals surface area contributed by atoms with Crippen molar-refractivity contribution in [3.63, 3.8) is 0 Å². The Labute approximate surface area is 150 Å². The molecule has 2 amide bonds. The van der Waals surface area contributed by atoms with Crippen LogP contribution in [0.15, 0.2) is 53.6 Å². The molecule has 0 atom stereocenters. The van der Waals surface area contributed by atoms with Gasteiger partial charge in [0.1, 0.15) is 5.03 Å². The summed E-state index contributed by atoms with van der Waals surface area (Å²) in [6, 6.07) is 14.2. The van der Waals surface area contributed by atoms with E-state index in [0.29, 0.717) is 17.1 Å². The summed E-state index contributed by atoms with van der Waals surface area (Å²) in [5.41, 5.74) is 1.59. The van der Waals surface area contributed by atoms with E-state index in [2.05, 4.69) is 0 Å². The van der Waals surface area contributed by atoms with Crippen molar-refractivity contribution in [1.82, 2.24) is 4.90 Å². The molecule has 0 unspecified atom stereocenters. The van der Waals surface area contributed by atoms with E-state index in [1.165, 1.54) is 7.11 Å². The third kappa shape index (κ3) is 3.10. The molecule has 2 aromatic rings. The predicted molar refractivity (Wildman–Crippen MR) is 94.3 cm³/mol. The van der Waals surface area contributed by atoms with Gasteiger partial charge >= 0.3 is 0 Å². The van der Waals surface area contributed by atoms with Crippen LogP contribution in [-0.4, -0.2) is 30.9 Å². The average molecular weight is 358 g/mol. The molecule has 0 radical (unpaired) electrons. The Morgan fingerprint density at radius 1 is 0.920 bits per heavy atom. The number of rotatable bonds is 5. The molecule has 3 rings (SSSR count). The number of benzene rings is 2. The second-order valence-corrected chi connectivity index (χ2v) is 5.82. The molecule has 0 saturated heterocycles. The lowest BCUT2D eigenvalue weighted by molar-refractivity contribution is -0.137. The molecular weight excluding hydrogens is 342 g/mol. The maximum absolute atomic E-state index is 12.7. The Hall–Kier alpha value is -2.79. The van der Waals surface area contributed by atoms with Gasteiger partial charge in [0.15, 0.2) is 11.5 Å². The minimum absolute atomic E-state index is 0.0586. The molecule has 2 aromatic carbocycles. The number of imide groups is 1. The summed E-state index contributed by atoms with van der Waals surface area (Å²) in [6.45, 7) is 0.102. The van der Waals surface area contributed by atoms with Crippen LogP contribution in [0.5, 0.6) is 11.5 Å². The van der Waals surface area contributed by atoms with Gasteiger partial charge < -0.3 is 9.47 Å². The molecule has 0 bridgehead atoms. The second kappa shape index (κ2) is 6.99. The fraction of sp³-hybridized carbons (Fsp3) is 0.158. The van der Waals surface area contributed by atoms with Crippen molar-refractivity contribution in [2.75, 3.05) is 14.2 Å². The van der Waals surface area contributed by atoms with Crippen LogP contribution in [0.3, 0.4) is 0 Å². The molecule has 0 aromatic heterocycles. The number of ether oxygens (including phenoxy) is 2. The quantitative estimate of drug-likeness (QED) is 0.771. The van der Waals surface area contributed by atoms with Gasteiger partial charge in [0.25, 0.3) is 11.8 Å². The molecule has 0 saturated carbocycles. The van der Waals surface area contributed by atoms with Crippen LogP contribution in [0, 0.1) is 0 Å². The third-order valence-electron chi connectivity index (χ3n) is 3.96. The van der Waals surface area contributed by atoms with Crippen LogP contribution >= 0.6 is 11.6 Å². The third-order valence-corrected chi connectivity index (χ3v) is 4.31. The van der Waals surface area contributed by atoms with E-state index in [-0.39, 0.29) is 17.2 Å². The van der Waals surface area contributed by atoms with Gasteiger partial charge in [-0.2, -0.15) is 0 Å². The highest BCUT2D eigenvalue weighted by Gasteiger charge is 2.38. The molecule has 5 nitrogen and oxygen atoms in total. The number of nitrogens with zero attached hydrogens (tertiary/aromatic N) is 1. The maximum atomic E-state index is 12.7. The Morgan fingerprint density at radius 3 is 2.24 bits per heavy atom. The Bertz CT molecular complexity index is 861. The molecule has 0 N–H and O–H groups in total. The van der Waals surface area contributed by atoms with E-state index < -0.39 is 11.8 Å². The molecular formula is C19H16ClNO4. The molecule has 0 aliphatic carbocycles. The monoisotopic (exact) mass is 357 g/mol. The summed E-state index contributed by atoms with van der Waals surface area (Å²) >= 11 is 6.15. The van der Waals surface area contributed by atoms with E-state index in [9.17, 15) is 9.59 Å². The summed E-state index contributed by atoms with van der Waals surface area (Å²) in [4.78, 5) is 26.3. The normalized spacial score (nSPS) is 14.3. The first kappa shape index (κ1) is 17.0. The molecule has 1 heterocycles. The van der Waals surface area contributed by atoms with Crippen LogP contribution < -0.4 is 9.47 Å². The zero-order valence-electron chi connectivity index (χ0n) is 13.8. The molecule has 0 spiro atoms. The van der Waals surface area contributed by atoms with E-state index in [4.69, 9.17) is 21.1 Å². The minimum Gasteiger partial charge on any atom is -0.493 e. The first-order valence-electron chi connectivity index (χ1n) is 7.59. The van der Waals surface area contributed by atoms with Gasteiger partial charge in [-0.1, -0.05) is 48.0 Å². The topological polar surface area (TPSA) is 55.8 Å². The number of carbonyl (C=O) groups excluding carboxylic acids is 2. The van der Waals surface area contributed by atoms with Crippen molar-refractivity contribution in [3.05, 3.63) is 64.7 Å². The molecule has 0 fully saturated rings. The summed E-state index contributed by atoms with van der Waals surface area (Å²) in [5.74, 6) is 0.198. The SMILES string of the molecule is COc1ccc(CN2C(=O)C(Cl)=C(c3ccccc3)C2=O)cc1OC. The van der Waals surface area contributed by atoms with Crippen LogP contribution in [-0.2, 0) is 16.1 Å².